The first-order chi connectivity index (χ1) is 13.4. The van der Waals surface area contributed by atoms with Crippen LogP contribution in [0.5, 0.6) is 5.75 Å². The highest BCUT2D eigenvalue weighted by Crippen LogP contribution is 2.35. The van der Waals surface area contributed by atoms with Crippen LogP contribution in [0.3, 0.4) is 0 Å². The second-order valence-corrected chi connectivity index (χ2v) is 9.15. The van der Waals surface area contributed by atoms with E-state index in [0.717, 1.165) is 13.1 Å². The molecule has 0 radical (unpaired) electrons. The molecule has 2 aromatic rings. The summed E-state index contributed by atoms with van der Waals surface area (Å²) in [6.45, 7) is 2.94. The quantitative estimate of drug-likeness (QED) is 0.532. The van der Waals surface area contributed by atoms with Gasteiger partial charge in [0.15, 0.2) is 0 Å². The largest absolute Gasteiger partial charge is 0.497 e. The van der Waals surface area contributed by atoms with Crippen molar-refractivity contribution in [3.63, 3.8) is 0 Å². The Morgan fingerprint density at radius 1 is 1.11 bits per heavy atom. The lowest BCUT2D eigenvalue weighted by molar-refractivity contribution is -0.402. The molecule has 0 aliphatic carbocycles. The van der Waals surface area contributed by atoms with E-state index in [4.69, 9.17) is 9.15 Å². The lowest BCUT2D eigenvalue weighted by atomic mass is 10.0. The Bertz CT molecular complexity index is 957. The Kier molecular flexibility index (Phi) is 4.86. The molecule has 150 valence electrons. The Labute approximate surface area is 162 Å². The van der Waals surface area contributed by atoms with Crippen LogP contribution in [0.4, 0.5) is 5.88 Å². The summed E-state index contributed by atoms with van der Waals surface area (Å²) in [5.74, 6) is 1.41. The number of nitrogens with zero attached hydrogens (tertiary/aromatic N) is 3. The molecule has 0 N–H and O–H groups in total. The van der Waals surface area contributed by atoms with Gasteiger partial charge in [-0.25, -0.2) is 8.42 Å². The van der Waals surface area contributed by atoms with Crippen LogP contribution in [0, 0.1) is 22.0 Å². The zero-order valence-electron chi connectivity index (χ0n) is 15.4. The number of hydrogen-bond donors (Lipinski definition) is 0. The van der Waals surface area contributed by atoms with E-state index in [2.05, 4.69) is 4.90 Å². The average Bonchev–Trinajstić information content (AvgIpc) is 3.37. The highest BCUT2D eigenvalue weighted by Gasteiger charge is 2.44. The van der Waals surface area contributed by atoms with Crippen molar-refractivity contribution in [2.24, 2.45) is 11.8 Å². The van der Waals surface area contributed by atoms with Crippen LogP contribution >= 0.6 is 0 Å². The van der Waals surface area contributed by atoms with Gasteiger partial charge in [0.25, 0.3) is 0 Å². The number of methoxy groups -OCH3 is 1. The van der Waals surface area contributed by atoms with Gasteiger partial charge in [0.1, 0.15) is 16.4 Å². The molecule has 2 aliphatic rings. The summed E-state index contributed by atoms with van der Waals surface area (Å²) < 4.78 is 37.7. The monoisotopic (exact) mass is 407 g/mol. The Hall–Kier alpha value is -2.43. The van der Waals surface area contributed by atoms with Crippen molar-refractivity contribution < 1.29 is 22.5 Å². The molecule has 0 saturated carbocycles. The van der Waals surface area contributed by atoms with E-state index in [1.54, 1.807) is 34.6 Å². The van der Waals surface area contributed by atoms with Crippen LogP contribution in [0.15, 0.2) is 45.7 Å². The molecule has 2 saturated heterocycles. The second kappa shape index (κ2) is 7.19. The van der Waals surface area contributed by atoms with Crippen LogP contribution in [0.2, 0.25) is 0 Å². The molecule has 2 fully saturated rings. The minimum Gasteiger partial charge on any atom is -0.497 e. The van der Waals surface area contributed by atoms with E-state index in [-0.39, 0.29) is 22.6 Å². The smallest absolute Gasteiger partial charge is 0.433 e. The van der Waals surface area contributed by atoms with Crippen LogP contribution in [0.1, 0.15) is 5.76 Å². The number of nitro groups is 1. The van der Waals surface area contributed by atoms with Gasteiger partial charge in [-0.15, -0.1) is 0 Å². The Morgan fingerprint density at radius 2 is 1.75 bits per heavy atom. The predicted molar refractivity (Wildman–Crippen MR) is 99.4 cm³/mol. The number of rotatable bonds is 6. The van der Waals surface area contributed by atoms with Crippen molar-refractivity contribution in [2.45, 2.75) is 11.4 Å². The van der Waals surface area contributed by atoms with E-state index < -0.39 is 14.9 Å². The maximum absolute atomic E-state index is 12.9. The highest BCUT2D eigenvalue weighted by atomic mass is 32.2. The molecule has 0 amide bonds. The lowest BCUT2D eigenvalue weighted by Gasteiger charge is -2.20. The normalized spacial score (nSPS) is 23.0. The molecule has 2 aliphatic heterocycles. The Balaban J connectivity index is 1.38. The van der Waals surface area contributed by atoms with E-state index >= 15 is 0 Å². The predicted octanol–water partition coefficient (Wildman–Crippen LogP) is 1.95. The van der Waals surface area contributed by atoms with Gasteiger partial charge < -0.3 is 9.15 Å². The molecule has 0 spiro atoms. The van der Waals surface area contributed by atoms with Crippen molar-refractivity contribution in [3.8, 4) is 5.75 Å². The fourth-order valence-electron chi connectivity index (χ4n) is 4.04. The van der Waals surface area contributed by atoms with Crippen molar-refractivity contribution in [2.75, 3.05) is 33.3 Å². The van der Waals surface area contributed by atoms with Crippen LogP contribution in [0.25, 0.3) is 0 Å². The van der Waals surface area contributed by atoms with Gasteiger partial charge in [-0.2, -0.15) is 4.31 Å². The molecule has 2 atom stereocenters. The van der Waals surface area contributed by atoms with Crippen LogP contribution in [-0.2, 0) is 16.6 Å². The van der Waals surface area contributed by atoms with Crippen LogP contribution in [-0.4, -0.2) is 55.8 Å². The molecule has 3 heterocycles. The minimum atomic E-state index is -3.52. The molecular formula is C18H21N3O6S. The third-order valence-corrected chi connectivity index (χ3v) is 7.28. The summed E-state index contributed by atoms with van der Waals surface area (Å²) in [6.07, 6.45) is 0. The van der Waals surface area contributed by atoms with Gasteiger partial charge in [0.05, 0.1) is 24.6 Å². The lowest BCUT2D eigenvalue weighted by Crippen LogP contribution is -2.33. The molecule has 2 unspecified atom stereocenters. The Morgan fingerprint density at radius 3 is 2.29 bits per heavy atom. The van der Waals surface area contributed by atoms with Crippen LogP contribution < -0.4 is 4.74 Å². The first-order valence-electron chi connectivity index (χ1n) is 8.96. The average molecular weight is 407 g/mol. The number of likely N-dealkylation sites (tertiary alicyclic amines) is 1. The summed E-state index contributed by atoms with van der Waals surface area (Å²) in [5.41, 5.74) is 0. The van der Waals surface area contributed by atoms with Gasteiger partial charge in [-0.3, -0.25) is 15.0 Å². The molecule has 4 rings (SSSR count). The zero-order chi connectivity index (χ0) is 19.9. The first-order valence-corrected chi connectivity index (χ1v) is 10.4. The van der Waals surface area contributed by atoms with Crippen molar-refractivity contribution in [1.29, 1.82) is 0 Å². The fourth-order valence-corrected chi connectivity index (χ4v) is 5.59. The van der Waals surface area contributed by atoms with Crippen molar-refractivity contribution in [1.82, 2.24) is 9.21 Å². The van der Waals surface area contributed by atoms with Gasteiger partial charge in [-0.05, 0) is 42.2 Å². The summed E-state index contributed by atoms with van der Waals surface area (Å²) >= 11 is 0. The minimum absolute atomic E-state index is 0.248. The van der Waals surface area contributed by atoms with Crippen molar-refractivity contribution in [3.05, 3.63) is 52.3 Å². The summed E-state index contributed by atoms with van der Waals surface area (Å²) in [6, 6.07) is 9.40. The first kappa shape index (κ1) is 18.9. The van der Waals surface area contributed by atoms with Crippen molar-refractivity contribution >= 4 is 15.9 Å². The SMILES string of the molecule is COc1ccc(S(=O)(=O)N2CC3CN(Cc4ccc([N+](=O)[O-])o4)CC3C2)cc1. The molecule has 9 nitrogen and oxygen atoms in total. The summed E-state index contributed by atoms with van der Waals surface area (Å²) in [5, 5.41) is 10.7. The highest BCUT2D eigenvalue weighted by molar-refractivity contribution is 7.89. The van der Waals surface area contributed by atoms with E-state index in [1.165, 1.54) is 13.2 Å². The van der Waals surface area contributed by atoms with E-state index in [1.807, 2.05) is 0 Å². The zero-order valence-corrected chi connectivity index (χ0v) is 16.2. The number of benzene rings is 1. The summed E-state index contributed by atoms with van der Waals surface area (Å²) in [4.78, 5) is 12.6. The standard InChI is InChI=1S/C18H21N3O6S/c1-26-15-2-5-17(6-3-15)28(24,25)20-10-13-8-19(9-14(13)11-20)12-16-4-7-18(27-16)21(22)23/h2-7,13-14H,8-12H2,1H3. The number of ether oxygens (including phenoxy) is 1. The van der Waals surface area contributed by atoms with E-state index in [9.17, 15) is 18.5 Å². The number of furan rings is 1. The second-order valence-electron chi connectivity index (χ2n) is 7.21. The fraction of sp³-hybridized carbons (Fsp3) is 0.444. The van der Waals surface area contributed by atoms with Gasteiger partial charge >= 0.3 is 5.88 Å². The summed E-state index contributed by atoms with van der Waals surface area (Å²) in [7, 11) is -1.98. The molecule has 28 heavy (non-hydrogen) atoms. The van der Waals surface area contributed by atoms with Gasteiger partial charge in [-0.1, -0.05) is 0 Å². The molecular weight excluding hydrogens is 386 g/mol. The third-order valence-electron chi connectivity index (χ3n) is 5.43. The number of sulfonamides is 1. The van der Waals surface area contributed by atoms with Gasteiger partial charge in [0, 0.05) is 26.2 Å². The molecule has 1 aromatic heterocycles. The molecule has 1 aromatic carbocycles. The topological polar surface area (TPSA) is 106 Å². The van der Waals surface area contributed by atoms with E-state index in [0.29, 0.717) is 31.1 Å². The molecule has 10 heteroatoms. The van der Waals surface area contributed by atoms with Gasteiger partial charge in [0.2, 0.25) is 10.0 Å². The number of hydrogen-bond acceptors (Lipinski definition) is 7. The number of fused-ring (bicyclic) bond motifs is 1. The third kappa shape index (κ3) is 3.50. The molecule has 0 bridgehead atoms. The maximum Gasteiger partial charge on any atom is 0.433 e. The maximum atomic E-state index is 12.9.